The summed E-state index contributed by atoms with van der Waals surface area (Å²) in [6.07, 6.45) is 0. The van der Waals surface area contributed by atoms with Crippen LogP contribution in [0.4, 0.5) is 0 Å². The number of Topliss-reactive ketones (excluding diaryl/α,β-unsaturated/α-hetero) is 1. The Morgan fingerprint density at radius 1 is 1.47 bits per heavy atom. The van der Waals surface area contributed by atoms with Gasteiger partial charge < -0.3 is 0 Å². The molecule has 1 atom stereocenters. The van der Waals surface area contributed by atoms with Crippen LogP contribution in [-0.2, 0) is 10.5 Å². The van der Waals surface area contributed by atoms with Gasteiger partial charge in [0.25, 0.3) is 0 Å². The maximum atomic E-state index is 11.0. The normalized spacial score (nSPS) is 13.1. The van der Waals surface area contributed by atoms with Crippen LogP contribution in [0.15, 0.2) is 0 Å². The van der Waals surface area contributed by atoms with Crippen molar-refractivity contribution in [3.63, 3.8) is 0 Å². The molecule has 0 bridgehead atoms. The second-order valence-corrected chi connectivity index (χ2v) is 5.93. The molecule has 1 rings (SSSR count). The first-order chi connectivity index (χ1) is 7.00. The van der Waals surface area contributed by atoms with Crippen LogP contribution in [0.1, 0.15) is 44.4 Å². The number of thioether (sulfide) groups is 1. The Bertz CT molecular complexity index is 336. The Kier molecular flexibility index (Phi) is 4.73. The van der Waals surface area contributed by atoms with Gasteiger partial charge in [0.15, 0.2) is 0 Å². The quantitative estimate of drug-likeness (QED) is 0.799. The molecule has 0 aliphatic carbocycles. The van der Waals surface area contributed by atoms with E-state index in [1.54, 1.807) is 18.7 Å². The summed E-state index contributed by atoms with van der Waals surface area (Å²) in [5.74, 6) is 2.29. The molecule has 5 heteroatoms. The summed E-state index contributed by atoms with van der Waals surface area (Å²) < 4.78 is 4.27. The number of carbonyl (C=O) groups excluding carboxylic acids is 1. The maximum absolute atomic E-state index is 11.0. The van der Waals surface area contributed by atoms with Gasteiger partial charge in [-0.1, -0.05) is 13.8 Å². The van der Waals surface area contributed by atoms with Gasteiger partial charge in [-0.2, -0.15) is 4.37 Å². The smallest absolute Gasteiger partial charge is 0.145 e. The highest BCUT2D eigenvalue weighted by Gasteiger charge is 2.11. The monoisotopic (exact) mass is 244 g/mol. The van der Waals surface area contributed by atoms with Gasteiger partial charge in [-0.05, 0) is 25.4 Å². The molecule has 15 heavy (non-hydrogen) atoms. The average molecular weight is 244 g/mol. The Balaban J connectivity index is 2.47. The van der Waals surface area contributed by atoms with Gasteiger partial charge in [0.2, 0.25) is 0 Å². The molecule has 0 aliphatic rings. The molecule has 0 spiro atoms. The van der Waals surface area contributed by atoms with Crippen LogP contribution < -0.4 is 0 Å². The zero-order valence-electron chi connectivity index (χ0n) is 9.48. The number of aromatic nitrogens is 2. The van der Waals surface area contributed by atoms with E-state index in [0.29, 0.717) is 5.92 Å². The minimum Gasteiger partial charge on any atom is -0.299 e. The Labute approximate surface area is 98.9 Å². The molecule has 0 aliphatic heterocycles. The Morgan fingerprint density at radius 3 is 2.60 bits per heavy atom. The molecule has 1 aromatic heterocycles. The van der Waals surface area contributed by atoms with Gasteiger partial charge in [0, 0.05) is 11.7 Å². The lowest BCUT2D eigenvalue weighted by Crippen LogP contribution is -2.08. The third-order valence-corrected chi connectivity index (χ3v) is 4.21. The maximum Gasteiger partial charge on any atom is 0.145 e. The topological polar surface area (TPSA) is 42.9 Å². The molecule has 0 radical (unpaired) electrons. The molecule has 3 nitrogen and oxygen atoms in total. The number of hydrogen-bond acceptors (Lipinski definition) is 5. The number of rotatable bonds is 5. The first-order valence-electron chi connectivity index (χ1n) is 4.95. The molecule has 0 fully saturated rings. The van der Waals surface area contributed by atoms with Crippen molar-refractivity contribution < 1.29 is 4.79 Å². The lowest BCUT2D eigenvalue weighted by Gasteiger charge is -2.04. The van der Waals surface area contributed by atoms with Crippen molar-refractivity contribution >= 4 is 29.1 Å². The average Bonchev–Trinajstić information content (AvgIpc) is 2.62. The van der Waals surface area contributed by atoms with Crippen LogP contribution in [0.5, 0.6) is 0 Å². The molecule has 1 heterocycles. The van der Waals surface area contributed by atoms with E-state index in [4.69, 9.17) is 0 Å². The predicted molar refractivity (Wildman–Crippen MR) is 65.4 cm³/mol. The third kappa shape index (κ3) is 3.91. The van der Waals surface area contributed by atoms with Crippen molar-refractivity contribution in [2.24, 2.45) is 0 Å². The van der Waals surface area contributed by atoms with E-state index in [-0.39, 0.29) is 11.0 Å². The number of ketones is 1. The minimum absolute atomic E-state index is 0.0522. The highest BCUT2D eigenvalue weighted by Crippen LogP contribution is 2.21. The molecule has 1 unspecified atom stereocenters. The fourth-order valence-electron chi connectivity index (χ4n) is 0.875. The van der Waals surface area contributed by atoms with E-state index in [1.807, 2.05) is 6.92 Å². The summed E-state index contributed by atoms with van der Waals surface area (Å²) in [4.78, 5) is 15.4. The van der Waals surface area contributed by atoms with Crippen molar-refractivity contribution in [3.05, 3.63) is 10.8 Å². The summed E-state index contributed by atoms with van der Waals surface area (Å²) >= 11 is 3.06. The first-order valence-corrected chi connectivity index (χ1v) is 6.77. The molecule has 0 amide bonds. The van der Waals surface area contributed by atoms with Crippen LogP contribution in [-0.4, -0.2) is 20.4 Å². The van der Waals surface area contributed by atoms with Gasteiger partial charge in [-0.25, -0.2) is 4.98 Å². The first kappa shape index (κ1) is 12.6. The van der Waals surface area contributed by atoms with Crippen LogP contribution in [0.25, 0.3) is 0 Å². The van der Waals surface area contributed by atoms with E-state index in [2.05, 4.69) is 23.2 Å². The van der Waals surface area contributed by atoms with Gasteiger partial charge in [0.1, 0.15) is 16.6 Å². The van der Waals surface area contributed by atoms with Gasteiger partial charge >= 0.3 is 0 Å². The molecule has 0 saturated carbocycles. The second-order valence-electron chi connectivity index (χ2n) is 3.76. The van der Waals surface area contributed by atoms with E-state index >= 15 is 0 Å². The number of hydrogen-bond donors (Lipinski definition) is 0. The minimum atomic E-state index is 0.0522. The van der Waals surface area contributed by atoms with Crippen molar-refractivity contribution in [3.8, 4) is 0 Å². The van der Waals surface area contributed by atoms with Crippen LogP contribution in [0, 0.1) is 0 Å². The van der Waals surface area contributed by atoms with Crippen molar-refractivity contribution in [1.82, 2.24) is 9.36 Å². The fourth-order valence-corrected chi connectivity index (χ4v) is 2.57. The second kappa shape index (κ2) is 5.61. The predicted octanol–water partition coefficient (Wildman–Crippen LogP) is 2.87. The Morgan fingerprint density at radius 2 is 2.13 bits per heavy atom. The van der Waals surface area contributed by atoms with Gasteiger partial charge in [-0.3, -0.25) is 4.79 Å². The lowest BCUT2D eigenvalue weighted by molar-refractivity contribution is -0.116. The highest BCUT2D eigenvalue weighted by molar-refractivity contribution is 7.99. The molecule has 0 aromatic carbocycles. The molecular formula is C10H16N2OS2. The van der Waals surface area contributed by atoms with Crippen molar-refractivity contribution in [2.45, 2.75) is 44.6 Å². The lowest BCUT2D eigenvalue weighted by atomic mass is 10.2. The SMILES string of the molecule is CC(=O)C(C)SCc1nc(C(C)C)ns1. The molecule has 0 N–H and O–H groups in total. The van der Waals surface area contributed by atoms with Gasteiger partial charge in [-0.15, -0.1) is 11.8 Å². The van der Waals surface area contributed by atoms with E-state index in [1.165, 1.54) is 11.5 Å². The summed E-state index contributed by atoms with van der Waals surface area (Å²) in [7, 11) is 0. The highest BCUT2D eigenvalue weighted by atomic mass is 32.2. The molecular weight excluding hydrogens is 228 g/mol. The van der Waals surface area contributed by atoms with E-state index in [0.717, 1.165) is 16.6 Å². The largest absolute Gasteiger partial charge is 0.299 e. The molecule has 84 valence electrons. The Hall–Kier alpha value is -0.420. The summed E-state index contributed by atoms with van der Waals surface area (Å²) in [5.41, 5.74) is 0. The summed E-state index contributed by atoms with van der Waals surface area (Å²) in [6, 6.07) is 0. The molecule has 1 aromatic rings. The number of carbonyl (C=O) groups is 1. The zero-order chi connectivity index (χ0) is 11.4. The van der Waals surface area contributed by atoms with Crippen molar-refractivity contribution in [2.75, 3.05) is 0 Å². The summed E-state index contributed by atoms with van der Waals surface area (Å²) in [5, 5.41) is 1.06. The molecule has 0 saturated heterocycles. The standard InChI is InChI=1S/C10H16N2OS2/c1-6(2)10-11-9(15-12-10)5-14-8(4)7(3)13/h6,8H,5H2,1-4H3. The van der Waals surface area contributed by atoms with Gasteiger partial charge in [0.05, 0.1) is 5.25 Å². The fraction of sp³-hybridized carbons (Fsp3) is 0.700. The van der Waals surface area contributed by atoms with Crippen LogP contribution >= 0.6 is 23.3 Å². The van der Waals surface area contributed by atoms with E-state index < -0.39 is 0 Å². The van der Waals surface area contributed by atoms with Crippen molar-refractivity contribution in [1.29, 1.82) is 0 Å². The zero-order valence-corrected chi connectivity index (χ0v) is 11.1. The third-order valence-electron chi connectivity index (χ3n) is 2.03. The van der Waals surface area contributed by atoms with Crippen LogP contribution in [0.3, 0.4) is 0 Å². The summed E-state index contributed by atoms with van der Waals surface area (Å²) in [6.45, 7) is 7.71. The van der Waals surface area contributed by atoms with E-state index in [9.17, 15) is 4.79 Å². The van der Waals surface area contributed by atoms with Crippen LogP contribution in [0.2, 0.25) is 0 Å². The number of nitrogens with zero attached hydrogens (tertiary/aromatic N) is 2.